The molecule has 0 N–H and O–H groups in total. The maximum absolute atomic E-state index is 11.5. The van der Waals surface area contributed by atoms with Crippen LogP contribution in [-0.4, -0.2) is 11.9 Å². The van der Waals surface area contributed by atoms with Crippen LogP contribution >= 0.6 is 15.9 Å². The fourth-order valence-corrected chi connectivity index (χ4v) is 2.41. The first kappa shape index (κ1) is 11.6. The summed E-state index contributed by atoms with van der Waals surface area (Å²) in [5.74, 6) is 0.772. The van der Waals surface area contributed by atoms with E-state index in [0.29, 0.717) is 11.3 Å². The van der Waals surface area contributed by atoms with Crippen LogP contribution in [-0.2, 0) is 0 Å². The van der Waals surface area contributed by atoms with Gasteiger partial charge in [0, 0.05) is 4.47 Å². The molecular formula is C13H15BrO2. The molecule has 2 nitrogen and oxygen atoms in total. The Hall–Kier alpha value is -0.830. The molecule has 16 heavy (non-hydrogen) atoms. The number of rotatable bonds is 3. The average molecular weight is 283 g/mol. The first-order valence-corrected chi connectivity index (χ1v) is 6.43. The third kappa shape index (κ3) is 2.64. The van der Waals surface area contributed by atoms with Crippen LogP contribution < -0.4 is 4.74 Å². The van der Waals surface area contributed by atoms with Gasteiger partial charge in [0.05, 0.1) is 11.7 Å². The number of benzene rings is 1. The summed E-state index contributed by atoms with van der Waals surface area (Å²) < 4.78 is 6.85. The van der Waals surface area contributed by atoms with Gasteiger partial charge in [-0.3, -0.25) is 4.79 Å². The Morgan fingerprint density at radius 1 is 1.38 bits per heavy atom. The third-order valence-corrected chi connectivity index (χ3v) is 3.41. The van der Waals surface area contributed by atoms with E-state index in [2.05, 4.69) is 15.9 Å². The predicted octanol–water partition coefficient (Wildman–Crippen LogP) is 3.97. The van der Waals surface area contributed by atoms with Crippen LogP contribution in [0.2, 0.25) is 0 Å². The molecule has 0 aliphatic heterocycles. The van der Waals surface area contributed by atoms with E-state index >= 15 is 0 Å². The van der Waals surface area contributed by atoms with E-state index < -0.39 is 0 Å². The zero-order chi connectivity index (χ0) is 11.5. The van der Waals surface area contributed by atoms with Crippen molar-refractivity contribution in [2.24, 2.45) is 0 Å². The van der Waals surface area contributed by atoms with Crippen molar-refractivity contribution in [3.05, 3.63) is 28.2 Å². The normalized spacial score (nSPS) is 16.4. The summed E-state index contributed by atoms with van der Waals surface area (Å²) in [7, 11) is 0. The second-order valence-electron chi connectivity index (χ2n) is 4.22. The summed E-state index contributed by atoms with van der Waals surface area (Å²) in [6, 6.07) is 5.57. The minimum atomic E-state index is 0.0560. The van der Waals surface area contributed by atoms with Crippen molar-refractivity contribution in [2.45, 2.75) is 38.7 Å². The zero-order valence-electron chi connectivity index (χ0n) is 9.33. The number of halogens is 1. The molecule has 1 fully saturated rings. The van der Waals surface area contributed by atoms with Crippen LogP contribution in [0, 0.1) is 0 Å². The van der Waals surface area contributed by atoms with Gasteiger partial charge >= 0.3 is 0 Å². The first-order chi connectivity index (χ1) is 7.66. The largest absolute Gasteiger partial charge is 0.490 e. The average Bonchev–Trinajstić information content (AvgIpc) is 2.70. The van der Waals surface area contributed by atoms with Crippen molar-refractivity contribution >= 4 is 21.7 Å². The Balaban J connectivity index is 2.22. The van der Waals surface area contributed by atoms with E-state index in [1.54, 1.807) is 6.92 Å². The Morgan fingerprint density at radius 3 is 2.69 bits per heavy atom. The molecule has 0 unspecified atom stereocenters. The Morgan fingerprint density at radius 2 is 2.06 bits per heavy atom. The van der Waals surface area contributed by atoms with E-state index in [9.17, 15) is 4.79 Å². The molecule has 0 radical (unpaired) electrons. The fourth-order valence-electron chi connectivity index (χ4n) is 2.07. The van der Waals surface area contributed by atoms with Gasteiger partial charge in [0.15, 0.2) is 5.78 Å². The zero-order valence-corrected chi connectivity index (χ0v) is 10.9. The fraction of sp³-hybridized carbons (Fsp3) is 0.462. The number of hydrogen-bond donors (Lipinski definition) is 0. The molecule has 0 amide bonds. The minimum absolute atomic E-state index is 0.0560. The lowest BCUT2D eigenvalue weighted by atomic mass is 10.1. The van der Waals surface area contributed by atoms with Gasteiger partial charge in [0.1, 0.15) is 5.75 Å². The smallest absolute Gasteiger partial charge is 0.163 e. The number of Topliss-reactive ketones (excluding diaryl/α,β-unsaturated/α-hetero) is 1. The molecule has 1 aliphatic carbocycles. The molecule has 0 bridgehead atoms. The van der Waals surface area contributed by atoms with E-state index in [1.165, 1.54) is 12.8 Å². The highest BCUT2D eigenvalue weighted by Gasteiger charge is 2.19. The van der Waals surface area contributed by atoms with Gasteiger partial charge < -0.3 is 4.74 Å². The van der Waals surface area contributed by atoms with E-state index in [-0.39, 0.29) is 11.9 Å². The van der Waals surface area contributed by atoms with Crippen molar-refractivity contribution in [1.82, 2.24) is 0 Å². The van der Waals surface area contributed by atoms with Crippen LogP contribution in [0.25, 0.3) is 0 Å². The molecule has 1 aromatic carbocycles. The highest BCUT2D eigenvalue weighted by Crippen LogP contribution is 2.29. The lowest BCUT2D eigenvalue weighted by Crippen LogP contribution is -2.13. The van der Waals surface area contributed by atoms with E-state index in [1.807, 2.05) is 18.2 Å². The van der Waals surface area contributed by atoms with Gasteiger partial charge in [0.25, 0.3) is 0 Å². The second-order valence-corrected chi connectivity index (χ2v) is 5.14. The number of hydrogen-bond acceptors (Lipinski definition) is 2. The summed E-state index contributed by atoms with van der Waals surface area (Å²) in [5, 5.41) is 0. The first-order valence-electron chi connectivity index (χ1n) is 5.64. The number of carbonyl (C=O) groups is 1. The van der Waals surface area contributed by atoms with Crippen LogP contribution in [0.15, 0.2) is 22.7 Å². The quantitative estimate of drug-likeness (QED) is 0.784. The molecule has 1 aliphatic rings. The molecule has 0 saturated heterocycles. The predicted molar refractivity (Wildman–Crippen MR) is 67.0 cm³/mol. The maximum atomic E-state index is 11.5. The number of ether oxygens (including phenoxy) is 1. The molecule has 86 valence electrons. The highest BCUT2D eigenvalue weighted by atomic mass is 79.9. The lowest BCUT2D eigenvalue weighted by Gasteiger charge is -2.15. The Bertz CT molecular complexity index is 395. The molecule has 3 heteroatoms. The van der Waals surface area contributed by atoms with Gasteiger partial charge in [-0.15, -0.1) is 0 Å². The molecule has 1 saturated carbocycles. The maximum Gasteiger partial charge on any atom is 0.163 e. The Kier molecular flexibility index (Phi) is 3.64. The van der Waals surface area contributed by atoms with Crippen molar-refractivity contribution in [1.29, 1.82) is 0 Å². The highest BCUT2D eigenvalue weighted by molar-refractivity contribution is 9.10. The van der Waals surface area contributed by atoms with Gasteiger partial charge in [-0.2, -0.15) is 0 Å². The second kappa shape index (κ2) is 5.00. The van der Waals surface area contributed by atoms with Crippen LogP contribution in [0.3, 0.4) is 0 Å². The van der Waals surface area contributed by atoms with Gasteiger partial charge in [-0.05, 0) is 50.8 Å². The molecule has 0 aromatic heterocycles. The third-order valence-electron chi connectivity index (χ3n) is 2.92. The lowest BCUT2D eigenvalue weighted by molar-refractivity contribution is 0.101. The van der Waals surface area contributed by atoms with Crippen LogP contribution in [0.1, 0.15) is 43.0 Å². The van der Waals surface area contributed by atoms with Gasteiger partial charge in [-0.25, -0.2) is 0 Å². The van der Waals surface area contributed by atoms with Crippen molar-refractivity contribution < 1.29 is 9.53 Å². The minimum Gasteiger partial charge on any atom is -0.490 e. The monoisotopic (exact) mass is 282 g/mol. The summed E-state index contributed by atoms with van der Waals surface area (Å²) in [6.07, 6.45) is 4.95. The van der Waals surface area contributed by atoms with Gasteiger partial charge in [-0.1, -0.05) is 15.9 Å². The molecule has 1 aromatic rings. The van der Waals surface area contributed by atoms with E-state index in [0.717, 1.165) is 17.3 Å². The van der Waals surface area contributed by atoms with Crippen LogP contribution in [0.4, 0.5) is 0 Å². The molecular weight excluding hydrogens is 268 g/mol. The molecule has 0 spiro atoms. The standard InChI is InChI=1S/C13H15BrO2/c1-9(15)12-7-6-10(14)8-13(12)16-11-4-2-3-5-11/h6-8,11H,2-5H2,1H3. The molecule has 0 heterocycles. The summed E-state index contributed by atoms with van der Waals surface area (Å²) >= 11 is 3.40. The topological polar surface area (TPSA) is 26.3 Å². The van der Waals surface area contributed by atoms with Gasteiger partial charge in [0.2, 0.25) is 0 Å². The summed E-state index contributed by atoms with van der Waals surface area (Å²) in [6.45, 7) is 1.57. The van der Waals surface area contributed by atoms with Crippen molar-refractivity contribution in [3.8, 4) is 5.75 Å². The van der Waals surface area contributed by atoms with E-state index in [4.69, 9.17) is 4.74 Å². The van der Waals surface area contributed by atoms with Crippen LogP contribution in [0.5, 0.6) is 5.75 Å². The molecule has 0 atom stereocenters. The molecule has 2 rings (SSSR count). The van der Waals surface area contributed by atoms with Crippen molar-refractivity contribution in [2.75, 3.05) is 0 Å². The summed E-state index contributed by atoms with van der Waals surface area (Å²) in [5.41, 5.74) is 0.676. The number of carbonyl (C=O) groups excluding carboxylic acids is 1. The summed E-state index contributed by atoms with van der Waals surface area (Å²) in [4.78, 5) is 11.5. The number of ketones is 1. The van der Waals surface area contributed by atoms with Crippen molar-refractivity contribution in [3.63, 3.8) is 0 Å². The SMILES string of the molecule is CC(=O)c1ccc(Br)cc1OC1CCCC1. The Labute approximate surface area is 104 Å².